The molecule has 7 heterocycles. The number of rotatable bonds is 3. The van der Waals surface area contributed by atoms with Gasteiger partial charge in [0.1, 0.15) is 0 Å². The van der Waals surface area contributed by atoms with Crippen LogP contribution in [0.15, 0.2) is 127 Å². The van der Waals surface area contributed by atoms with Crippen molar-refractivity contribution in [2.24, 2.45) is 0 Å². The van der Waals surface area contributed by atoms with E-state index in [9.17, 15) is 0 Å². The number of benzene rings is 7. The van der Waals surface area contributed by atoms with E-state index in [1.807, 2.05) is 0 Å². The standard InChI is InChI=1S/C51H41B2N5/c1-3-20-43-31(12-1)26-32-13-9-15-36(49(32)54-43)39-27-33(55-22-5-6-23-55)29-45-47(39)52-41-18-11-19-42-51(41)57(45)46-30-34(56-24-7-8-25-56)28-40-38-17-10-16-37-35-14-2-4-21-44(35)58(50(37)38)53(42)48(40)46/h1-4,9-21,27-30,52,54H,5-8,22-26H2. The molecule has 7 heteroatoms. The van der Waals surface area contributed by atoms with Crippen molar-refractivity contribution >= 4 is 97.6 Å². The van der Waals surface area contributed by atoms with Crippen molar-refractivity contribution in [3.8, 4) is 22.3 Å². The van der Waals surface area contributed by atoms with Gasteiger partial charge in [0.25, 0.3) is 0 Å². The van der Waals surface area contributed by atoms with Crippen molar-refractivity contribution < 1.29 is 0 Å². The second kappa shape index (κ2) is 11.6. The second-order valence-corrected chi connectivity index (χ2v) is 17.5. The molecule has 0 saturated carbocycles. The van der Waals surface area contributed by atoms with E-state index < -0.39 is 0 Å². The van der Waals surface area contributed by atoms with Crippen molar-refractivity contribution in [2.45, 2.75) is 32.1 Å². The van der Waals surface area contributed by atoms with Crippen LogP contribution in [-0.4, -0.2) is 44.8 Å². The molecule has 1 aromatic heterocycles. The lowest BCUT2D eigenvalue weighted by Gasteiger charge is -2.45. The monoisotopic (exact) mass is 745 g/mol. The first kappa shape index (κ1) is 31.7. The van der Waals surface area contributed by atoms with Crippen LogP contribution in [0, 0.1) is 0 Å². The summed E-state index contributed by atoms with van der Waals surface area (Å²) in [4.78, 5) is 8.02. The quantitative estimate of drug-likeness (QED) is 0.184. The molecule has 0 aliphatic carbocycles. The molecule has 0 spiro atoms. The lowest BCUT2D eigenvalue weighted by Crippen LogP contribution is -2.60. The van der Waals surface area contributed by atoms with Gasteiger partial charge >= 0.3 is 6.85 Å². The molecule has 2 fully saturated rings. The van der Waals surface area contributed by atoms with Gasteiger partial charge in [-0.15, -0.1) is 0 Å². The van der Waals surface area contributed by atoms with Crippen molar-refractivity contribution in [2.75, 3.05) is 46.2 Å². The highest BCUT2D eigenvalue weighted by Crippen LogP contribution is 2.49. The van der Waals surface area contributed by atoms with Crippen LogP contribution in [0.3, 0.4) is 0 Å². The number of aromatic nitrogens is 1. The molecule has 7 aromatic carbocycles. The highest BCUT2D eigenvalue weighted by Gasteiger charge is 2.46. The first-order chi connectivity index (χ1) is 28.8. The van der Waals surface area contributed by atoms with Gasteiger partial charge in [-0.05, 0) is 101 Å². The molecule has 0 atom stereocenters. The Morgan fingerprint density at radius 3 is 2.12 bits per heavy atom. The van der Waals surface area contributed by atoms with Gasteiger partial charge in [0.15, 0.2) is 7.28 Å². The minimum absolute atomic E-state index is 0.0781. The number of hydrogen-bond donors (Lipinski definition) is 1. The summed E-state index contributed by atoms with van der Waals surface area (Å²) in [6, 6.07) is 49.4. The third kappa shape index (κ3) is 4.19. The third-order valence-corrected chi connectivity index (χ3v) is 14.5. The van der Waals surface area contributed by atoms with Crippen LogP contribution >= 0.6 is 0 Å². The Morgan fingerprint density at radius 2 is 1.26 bits per heavy atom. The molecule has 14 rings (SSSR count). The molecule has 8 aromatic rings. The molecular weight excluding hydrogens is 704 g/mol. The van der Waals surface area contributed by atoms with Gasteiger partial charge in [-0.2, -0.15) is 0 Å². The van der Waals surface area contributed by atoms with Gasteiger partial charge in [-0.1, -0.05) is 96.5 Å². The Hall–Kier alpha value is -6.33. The van der Waals surface area contributed by atoms with E-state index in [2.05, 4.69) is 152 Å². The maximum absolute atomic E-state index is 3.95. The van der Waals surface area contributed by atoms with Gasteiger partial charge in [0.2, 0.25) is 0 Å². The van der Waals surface area contributed by atoms with Gasteiger partial charge < -0.3 is 24.5 Å². The van der Waals surface area contributed by atoms with Gasteiger partial charge in [-0.3, -0.25) is 0 Å². The number of para-hydroxylation sites is 5. The molecule has 0 bridgehead atoms. The molecule has 5 nitrogen and oxygen atoms in total. The largest absolute Gasteiger partial charge is 0.375 e. The lowest BCUT2D eigenvalue weighted by molar-refractivity contribution is 0.949. The van der Waals surface area contributed by atoms with Crippen molar-refractivity contribution in [3.63, 3.8) is 0 Å². The molecule has 6 aliphatic rings. The highest BCUT2D eigenvalue weighted by atomic mass is 15.2. The maximum Gasteiger partial charge on any atom is 0.333 e. The SMILES string of the molecule is B1c2cccc3c2N(c2cc(N4CCCC4)cc(-c4cccc5c4Nc4ccccc4C5)c21)c1cc(N2CCCC2)cc2c1B3n1c3ccccc3c3cccc-2c31. The first-order valence-electron chi connectivity index (χ1n) is 21.5. The van der Waals surface area contributed by atoms with Crippen molar-refractivity contribution in [3.05, 3.63) is 139 Å². The van der Waals surface area contributed by atoms with Gasteiger partial charge in [-0.25, -0.2) is 0 Å². The summed E-state index contributed by atoms with van der Waals surface area (Å²) < 4.78 is 2.70. The van der Waals surface area contributed by atoms with Crippen LogP contribution < -0.4 is 41.9 Å². The minimum Gasteiger partial charge on any atom is -0.375 e. The smallest absolute Gasteiger partial charge is 0.333 e. The molecule has 58 heavy (non-hydrogen) atoms. The average molecular weight is 746 g/mol. The normalized spacial score (nSPS) is 16.5. The third-order valence-electron chi connectivity index (χ3n) is 14.5. The Balaban J connectivity index is 1.07. The van der Waals surface area contributed by atoms with Crippen LogP contribution in [0.1, 0.15) is 36.8 Å². The fraction of sp³-hybridized carbons (Fsp3) is 0.176. The summed E-state index contributed by atoms with van der Waals surface area (Å²) >= 11 is 0. The minimum atomic E-state index is 0.0781. The van der Waals surface area contributed by atoms with Gasteiger partial charge in [0.05, 0.1) is 0 Å². The zero-order valence-electron chi connectivity index (χ0n) is 32.6. The molecule has 0 amide bonds. The van der Waals surface area contributed by atoms with E-state index in [4.69, 9.17) is 0 Å². The summed E-state index contributed by atoms with van der Waals surface area (Å²) in [7, 11) is 0.893. The Morgan fingerprint density at radius 1 is 0.569 bits per heavy atom. The number of fused-ring (bicyclic) bond motifs is 11. The topological polar surface area (TPSA) is 26.7 Å². The molecule has 2 saturated heterocycles. The predicted molar refractivity (Wildman–Crippen MR) is 247 cm³/mol. The van der Waals surface area contributed by atoms with E-state index in [1.54, 1.807) is 0 Å². The summed E-state index contributed by atoms with van der Waals surface area (Å²) in [6.07, 6.45) is 5.93. The number of nitrogens with one attached hydrogen (secondary N) is 1. The fourth-order valence-electron chi connectivity index (χ4n) is 11.9. The van der Waals surface area contributed by atoms with E-state index >= 15 is 0 Å². The summed E-state index contributed by atoms with van der Waals surface area (Å²) in [5.74, 6) is 0. The van der Waals surface area contributed by atoms with E-state index in [-0.39, 0.29) is 6.85 Å². The van der Waals surface area contributed by atoms with Crippen LogP contribution in [0.5, 0.6) is 0 Å². The Bertz CT molecular complexity index is 3100. The lowest BCUT2D eigenvalue weighted by atomic mass is 9.43. The van der Waals surface area contributed by atoms with Gasteiger partial charge in [0, 0.05) is 105 Å². The Kier molecular flexibility index (Phi) is 6.36. The average Bonchev–Trinajstić information content (AvgIpc) is 4.08. The molecule has 1 N–H and O–H groups in total. The van der Waals surface area contributed by atoms with Crippen LogP contribution in [0.25, 0.3) is 44.1 Å². The predicted octanol–water partition coefficient (Wildman–Crippen LogP) is 8.43. The zero-order chi connectivity index (χ0) is 37.6. The highest BCUT2D eigenvalue weighted by molar-refractivity contribution is 6.91. The molecule has 276 valence electrons. The van der Waals surface area contributed by atoms with E-state index in [1.165, 1.54) is 143 Å². The first-order valence-corrected chi connectivity index (χ1v) is 21.5. The van der Waals surface area contributed by atoms with Crippen LogP contribution in [-0.2, 0) is 6.42 Å². The molecule has 6 aliphatic heterocycles. The zero-order valence-corrected chi connectivity index (χ0v) is 32.6. The summed E-state index contributed by atoms with van der Waals surface area (Å²) in [5, 5.41) is 6.64. The van der Waals surface area contributed by atoms with Crippen molar-refractivity contribution in [1.29, 1.82) is 0 Å². The summed E-state index contributed by atoms with van der Waals surface area (Å²) in [6.45, 7) is 4.52. The molecular formula is C51H41B2N5. The number of hydrogen-bond acceptors (Lipinski definition) is 4. The number of anilines is 7. The van der Waals surface area contributed by atoms with Crippen LogP contribution in [0.2, 0.25) is 0 Å². The van der Waals surface area contributed by atoms with E-state index in [0.717, 1.165) is 39.9 Å². The van der Waals surface area contributed by atoms with Crippen LogP contribution in [0.4, 0.5) is 39.8 Å². The Labute approximate surface area is 339 Å². The fourth-order valence-corrected chi connectivity index (χ4v) is 11.9. The molecule has 0 radical (unpaired) electrons. The number of nitrogens with zero attached hydrogens (tertiary/aromatic N) is 4. The van der Waals surface area contributed by atoms with E-state index in [0.29, 0.717) is 0 Å². The summed E-state index contributed by atoms with van der Waals surface area (Å²) in [5.41, 5.74) is 25.8. The second-order valence-electron chi connectivity index (χ2n) is 17.5. The van der Waals surface area contributed by atoms with Crippen molar-refractivity contribution in [1.82, 2.24) is 4.48 Å². The molecule has 0 unspecified atom stereocenters. The maximum atomic E-state index is 3.95.